The van der Waals surface area contributed by atoms with Gasteiger partial charge in [0.25, 0.3) is 0 Å². The fourth-order valence-electron chi connectivity index (χ4n) is 2.38. The lowest BCUT2D eigenvalue weighted by Crippen LogP contribution is -2.24. The van der Waals surface area contributed by atoms with Gasteiger partial charge in [-0.15, -0.1) is 0 Å². The van der Waals surface area contributed by atoms with Gasteiger partial charge in [0.05, 0.1) is 11.7 Å². The summed E-state index contributed by atoms with van der Waals surface area (Å²) < 4.78 is 24.8. The van der Waals surface area contributed by atoms with Crippen LogP contribution >= 0.6 is 0 Å². The Kier molecular flexibility index (Phi) is 4.11. The maximum absolute atomic E-state index is 13.2. The highest BCUT2D eigenvalue weighted by atomic mass is 19.1. The molecule has 1 saturated heterocycles. The summed E-state index contributed by atoms with van der Waals surface area (Å²) in [6, 6.07) is 4.19. The SMILES string of the molecule is C[C@H](N)c1cc(F)ccc1OCC1CCC(C)(C)O1. The highest BCUT2D eigenvalue weighted by molar-refractivity contribution is 5.36. The van der Waals surface area contributed by atoms with Crippen molar-refractivity contribution in [2.75, 3.05) is 6.61 Å². The minimum Gasteiger partial charge on any atom is -0.491 e. The van der Waals surface area contributed by atoms with Gasteiger partial charge in [0.1, 0.15) is 18.2 Å². The van der Waals surface area contributed by atoms with Crippen LogP contribution in [-0.2, 0) is 4.74 Å². The lowest BCUT2D eigenvalue weighted by molar-refractivity contribution is -0.0328. The molecule has 2 atom stereocenters. The van der Waals surface area contributed by atoms with E-state index in [-0.39, 0.29) is 23.6 Å². The normalized spacial score (nSPS) is 23.3. The van der Waals surface area contributed by atoms with Crippen molar-refractivity contribution in [3.8, 4) is 5.75 Å². The fraction of sp³-hybridized carbons (Fsp3) is 0.600. The van der Waals surface area contributed by atoms with Crippen LogP contribution < -0.4 is 10.5 Å². The predicted molar refractivity (Wildman–Crippen MR) is 72.7 cm³/mol. The average molecular weight is 267 g/mol. The molecule has 1 aromatic carbocycles. The van der Waals surface area contributed by atoms with Gasteiger partial charge in [-0.2, -0.15) is 0 Å². The van der Waals surface area contributed by atoms with E-state index in [0.717, 1.165) is 12.8 Å². The van der Waals surface area contributed by atoms with Crippen LogP contribution in [0.1, 0.15) is 45.2 Å². The third-order valence-corrected chi connectivity index (χ3v) is 3.44. The molecule has 0 spiro atoms. The average Bonchev–Trinajstić information content (AvgIpc) is 2.67. The Morgan fingerprint density at radius 2 is 2.26 bits per heavy atom. The van der Waals surface area contributed by atoms with E-state index in [1.807, 2.05) is 6.92 Å². The first-order chi connectivity index (χ1) is 8.87. The summed E-state index contributed by atoms with van der Waals surface area (Å²) in [5.41, 5.74) is 6.46. The summed E-state index contributed by atoms with van der Waals surface area (Å²) in [5, 5.41) is 0. The molecular weight excluding hydrogens is 245 g/mol. The summed E-state index contributed by atoms with van der Waals surface area (Å²) in [4.78, 5) is 0. The molecule has 0 aromatic heterocycles. The Morgan fingerprint density at radius 3 is 2.84 bits per heavy atom. The zero-order chi connectivity index (χ0) is 14.0. The molecule has 0 bridgehead atoms. The molecule has 0 radical (unpaired) electrons. The van der Waals surface area contributed by atoms with Gasteiger partial charge in [-0.25, -0.2) is 4.39 Å². The van der Waals surface area contributed by atoms with E-state index in [1.165, 1.54) is 12.1 Å². The third-order valence-electron chi connectivity index (χ3n) is 3.44. The molecule has 3 nitrogen and oxygen atoms in total. The molecule has 0 amide bonds. The molecule has 1 aliphatic rings. The van der Waals surface area contributed by atoms with E-state index < -0.39 is 0 Å². The maximum Gasteiger partial charge on any atom is 0.124 e. The standard InChI is InChI=1S/C15H22FNO2/c1-10(17)13-8-11(16)4-5-14(13)18-9-12-6-7-15(2,3)19-12/h4-5,8,10,12H,6-7,9,17H2,1-3H3/t10-,12?/m0/s1. The van der Waals surface area contributed by atoms with Crippen LogP contribution in [-0.4, -0.2) is 18.3 Å². The van der Waals surface area contributed by atoms with Crippen LogP contribution in [0.4, 0.5) is 4.39 Å². The van der Waals surface area contributed by atoms with Crippen molar-refractivity contribution in [2.45, 2.75) is 51.4 Å². The Morgan fingerprint density at radius 1 is 1.53 bits per heavy atom. The number of benzene rings is 1. The number of rotatable bonds is 4. The number of hydrogen-bond acceptors (Lipinski definition) is 3. The first-order valence-corrected chi connectivity index (χ1v) is 6.73. The smallest absolute Gasteiger partial charge is 0.124 e. The Balaban J connectivity index is 2.00. The summed E-state index contributed by atoms with van der Waals surface area (Å²) in [6.45, 7) is 6.46. The fourth-order valence-corrected chi connectivity index (χ4v) is 2.38. The summed E-state index contributed by atoms with van der Waals surface area (Å²) in [5.74, 6) is 0.350. The minimum absolute atomic E-state index is 0.0686. The monoisotopic (exact) mass is 267 g/mol. The molecule has 2 N–H and O–H groups in total. The van der Waals surface area contributed by atoms with E-state index in [0.29, 0.717) is 17.9 Å². The Bertz CT molecular complexity index is 446. The molecule has 0 aliphatic carbocycles. The number of halogens is 1. The first-order valence-electron chi connectivity index (χ1n) is 6.73. The molecule has 1 unspecified atom stereocenters. The highest BCUT2D eigenvalue weighted by Gasteiger charge is 2.32. The highest BCUT2D eigenvalue weighted by Crippen LogP contribution is 2.31. The molecule has 1 heterocycles. The van der Waals surface area contributed by atoms with E-state index >= 15 is 0 Å². The van der Waals surface area contributed by atoms with Crippen molar-refractivity contribution >= 4 is 0 Å². The quantitative estimate of drug-likeness (QED) is 0.911. The van der Waals surface area contributed by atoms with Crippen LogP contribution in [0.5, 0.6) is 5.75 Å². The molecule has 1 fully saturated rings. The first kappa shape index (κ1) is 14.3. The van der Waals surface area contributed by atoms with E-state index in [1.54, 1.807) is 6.07 Å². The zero-order valence-corrected chi connectivity index (χ0v) is 11.8. The molecular formula is C15H22FNO2. The maximum atomic E-state index is 13.2. The van der Waals surface area contributed by atoms with E-state index in [4.69, 9.17) is 15.2 Å². The summed E-state index contributed by atoms with van der Waals surface area (Å²) in [7, 11) is 0. The van der Waals surface area contributed by atoms with E-state index in [2.05, 4.69) is 13.8 Å². The summed E-state index contributed by atoms with van der Waals surface area (Å²) >= 11 is 0. The molecule has 19 heavy (non-hydrogen) atoms. The molecule has 106 valence electrons. The van der Waals surface area contributed by atoms with Crippen LogP contribution in [0, 0.1) is 5.82 Å². The Labute approximate surface area is 113 Å². The van der Waals surface area contributed by atoms with Gasteiger partial charge in [-0.1, -0.05) is 0 Å². The van der Waals surface area contributed by atoms with Crippen molar-refractivity contribution in [2.24, 2.45) is 5.73 Å². The van der Waals surface area contributed by atoms with Crippen molar-refractivity contribution in [1.29, 1.82) is 0 Å². The Hall–Kier alpha value is -1.13. The molecule has 2 rings (SSSR count). The largest absolute Gasteiger partial charge is 0.491 e. The van der Waals surface area contributed by atoms with Gasteiger partial charge < -0.3 is 15.2 Å². The van der Waals surface area contributed by atoms with Crippen LogP contribution in [0.15, 0.2) is 18.2 Å². The second-order valence-electron chi connectivity index (χ2n) is 5.82. The summed E-state index contributed by atoms with van der Waals surface area (Å²) in [6.07, 6.45) is 2.12. The van der Waals surface area contributed by atoms with Crippen molar-refractivity contribution in [1.82, 2.24) is 0 Å². The van der Waals surface area contributed by atoms with E-state index in [9.17, 15) is 4.39 Å². The van der Waals surface area contributed by atoms with Crippen molar-refractivity contribution < 1.29 is 13.9 Å². The van der Waals surface area contributed by atoms with Gasteiger partial charge in [0, 0.05) is 11.6 Å². The lowest BCUT2D eigenvalue weighted by atomic mass is 10.1. The third kappa shape index (κ3) is 3.67. The molecule has 1 aliphatic heterocycles. The van der Waals surface area contributed by atoms with Gasteiger partial charge in [-0.05, 0) is 51.8 Å². The van der Waals surface area contributed by atoms with Gasteiger partial charge >= 0.3 is 0 Å². The molecule has 0 saturated carbocycles. The molecule has 4 heteroatoms. The van der Waals surface area contributed by atoms with Gasteiger partial charge in [0.15, 0.2) is 0 Å². The van der Waals surface area contributed by atoms with Crippen LogP contribution in [0.3, 0.4) is 0 Å². The van der Waals surface area contributed by atoms with Crippen molar-refractivity contribution in [3.05, 3.63) is 29.6 Å². The van der Waals surface area contributed by atoms with Gasteiger partial charge in [0.2, 0.25) is 0 Å². The lowest BCUT2D eigenvalue weighted by Gasteiger charge is -2.20. The zero-order valence-electron chi connectivity index (χ0n) is 11.8. The molecule has 1 aromatic rings. The number of ether oxygens (including phenoxy) is 2. The van der Waals surface area contributed by atoms with Crippen LogP contribution in [0.2, 0.25) is 0 Å². The van der Waals surface area contributed by atoms with Crippen molar-refractivity contribution in [3.63, 3.8) is 0 Å². The number of nitrogens with two attached hydrogens (primary N) is 1. The minimum atomic E-state index is -0.294. The topological polar surface area (TPSA) is 44.5 Å². The second kappa shape index (κ2) is 5.47. The van der Waals surface area contributed by atoms with Crippen LogP contribution in [0.25, 0.3) is 0 Å². The van der Waals surface area contributed by atoms with Gasteiger partial charge in [-0.3, -0.25) is 0 Å². The number of hydrogen-bond donors (Lipinski definition) is 1. The predicted octanol–water partition coefficient (Wildman–Crippen LogP) is 3.18. The second-order valence-corrected chi connectivity index (χ2v) is 5.82.